The Kier molecular flexibility index (Phi) is 4.87. The Hall–Kier alpha value is -1.07. The van der Waals surface area contributed by atoms with Crippen molar-refractivity contribution in [1.29, 1.82) is 0 Å². The first-order chi connectivity index (χ1) is 10.2. The van der Waals surface area contributed by atoms with E-state index in [2.05, 4.69) is 27.7 Å². The molecule has 1 saturated heterocycles. The Balaban J connectivity index is 2.43. The SMILES string of the molecule is COc1ccc(S(=O)(=O)N2CCCC(C)C2)cc1C(C)(C)C. The van der Waals surface area contributed by atoms with E-state index >= 15 is 0 Å². The van der Waals surface area contributed by atoms with Crippen LogP contribution in [0, 0.1) is 5.92 Å². The van der Waals surface area contributed by atoms with Crippen molar-refractivity contribution in [1.82, 2.24) is 4.31 Å². The summed E-state index contributed by atoms with van der Waals surface area (Å²) in [7, 11) is -1.81. The highest BCUT2D eigenvalue weighted by molar-refractivity contribution is 7.89. The number of ether oxygens (including phenoxy) is 1. The summed E-state index contributed by atoms with van der Waals surface area (Å²) in [6, 6.07) is 5.19. The first kappa shape index (κ1) is 17.3. The number of benzene rings is 1. The first-order valence-electron chi connectivity index (χ1n) is 7.85. The highest BCUT2D eigenvalue weighted by Gasteiger charge is 2.30. The van der Waals surface area contributed by atoms with Crippen LogP contribution in [-0.4, -0.2) is 32.9 Å². The molecule has 0 N–H and O–H groups in total. The van der Waals surface area contributed by atoms with Gasteiger partial charge in [-0.3, -0.25) is 0 Å². The van der Waals surface area contributed by atoms with Gasteiger partial charge in [0.05, 0.1) is 12.0 Å². The fourth-order valence-corrected chi connectivity index (χ4v) is 4.57. The van der Waals surface area contributed by atoms with Crippen molar-refractivity contribution < 1.29 is 13.2 Å². The Morgan fingerprint density at radius 2 is 1.95 bits per heavy atom. The standard InChI is InChI=1S/C17H27NO3S/c1-13-7-6-10-18(12-13)22(19,20)14-8-9-16(21-5)15(11-14)17(2,3)4/h8-9,11,13H,6-7,10,12H2,1-5H3. The summed E-state index contributed by atoms with van der Waals surface area (Å²) in [5, 5.41) is 0. The van der Waals surface area contributed by atoms with Crippen LogP contribution in [-0.2, 0) is 15.4 Å². The van der Waals surface area contributed by atoms with Gasteiger partial charge in [0.1, 0.15) is 5.75 Å². The molecule has 1 fully saturated rings. The molecule has 0 bridgehead atoms. The summed E-state index contributed by atoms with van der Waals surface area (Å²) in [6.45, 7) is 9.51. The normalized spacial score (nSPS) is 20.9. The van der Waals surface area contributed by atoms with E-state index in [4.69, 9.17) is 4.74 Å². The van der Waals surface area contributed by atoms with Crippen LogP contribution < -0.4 is 4.74 Å². The zero-order valence-electron chi connectivity index (χ0n) is 14.2. The molecule has 0 saturated carbocycles. The number of nitrogens with zero attached hydrogens (tertiary/aromatic N) is 1. The van der Waals surface area contributed by atoms with E-state index < -0.39 is 10.0 Å². The Morgan fingerprint density at radius 1 is 1.27 bits per heavy atom. The van der Waals surface area contributed by atoms with Crippen molar-refractivity contribution >= 4 is 10.0 Å². The molecule has 2 rings (SSSR count). The number of hydrogen-bond acceptors (Lipinski definition) is 3. The minimum absolute atomic E-state index is 0.175. The lowest BCUT2D eigenvalue weighted by Crippen LogP contribution is -2.39. The van der Waals surface area contributed by atoms with E-state index in [1.807, 2.05) is 0 Å². The van der Waals surface area contributed by atoms with Crippen LogP contribution in [0.3, 0.4) is 0 Å². The fourth-order valence-electron chi connectivity index (χ4n) is 2.95. The molecule has 0 amide bonds. The third-order valence-corrected chi connectivity index (χ3v) is 6.10. The van der Waals surface area contributed by atoms with E-state index in [1.54, 1.807) is 29.6 Å². The van der Waals surface area contributed by atoms with Crippen LogP contribution in [0.4, 0.5) is 0 Å². The zero-order valence-corrected chi connectivity index (χ0v) is 15.0. The topological polar surface area (TPSA) is 46.6 Å². The van der Waals surface area contributed by atoms with Crippen LogP contribution in [0.25, 0.3) is 0 Å². The number of rotatable bonds is 3. The van der Waals surface area contributed by atoms with Gasteiger partial charge in [-0.05, 0) is 42.4 Å². The number of sulfonamides is 1. The predicted octanol–water partition coefficient (Wildman–Crippen LogP) is 3.41. The van der Waals surface area contributed by atoms with Crippen LogP contribution in [0.2, 0.25) is 0 Å². The van der Waals surface area contributed by atoms with E-state index in [9.17, 15) is 8.42 Å². The molecule has 0 radical (unpaired) electrons. The molecule has 1 heterocycles. The molecule has 0 aromatic heterocycles. The molecule has 1 aliphatic rings. The van der Waals surface area contributed by atoms with Crippen LogP contribution >= 0.6 is 0 Å². The maximum absolute atomic E-state index is 12.9. The molecular formula is C17H27NO3S. The summed E-state index contributed by atoms with van der Waals surface area (Å²) in [4.78, 5) is 0.368. The van der Waals surface area contributed by atoms with Crippen LogP contribution in [0.15, 0.2) is 23.1 Å². The summed E-state index contributed by atoms with van der Waals surface area (Å²) in [5.74, 6) is 1.15. The second-order valence-electron chi connectivity index (χ2n) is 7.22. The summed E-state index contributed by atoms with van der Waals surface area (Å²) in [6.07, 6.45) is 2.03. The van der Waals surface area contributed by atoms with Gasteiger partial charge >= 0.3 is 0 Å². The maximum Gasteiger partial charge on any atom is 0.243 e. The number of piperidine rings is 1. The smallest absolute Gasteiger partial charge is 0.243 e. The average molecular weight is 325 g/mol. The van der Waals surface area contributed by atoms with Gasteiger partial charge in [0.25, 0.3) is 0 Å². The lowest BCUT2D eigenvalue weighted by Gasteiger charge is -2.30. The van der Waals surface area contributed by atoms with Crippen LogP contribution in [0.5, 0.6) is 5.75 Å². The number of hydrogen-bond donors (Lipinski definition) is 0. The van der Waals surface area contributed by atoms with Gasteiger partial charge in [-0.2, -0.15) is 4.31 Å². The van der Waals surface area contributed by atoms with E-state index in [-0.39, 0.29) is 5.41 Å². The van der Waals surface area contributed by atoms with Gasteiger partial charge in [0, 0.05) is 18.7 Å². The molecule has 22 heavy (non-hydrogen) atoms. The van der Waals surface area contributed by atoms with Crippen molar-refractivity contribution in [2.45, 2.75) is 50.8 Å². The Bertz CT molecular complexity index is 632. The predicted molar refractivity (Wildman–Crippen MR) is 88.9 cm³/mol. The maximum atomic E-state index is 12.9. The largest absolute Gasteiger partial charge is 0.496 e. The second-order valence-corrected chi connectivity index (χ2v) is 9.16. The molecule has 0 spiro atoms. The molecule has 5 heteroatoms. The van der Waals surface area contributed by atoms with Crippen LogP contribution in [0.1, 0.15) is 46.1 Å². The third-order valence-electron chi connectivity index (χ3n) is 4.24. The van der Waals surface area contributed by atoms with Crippen molar-refractivity contribution in [3.8, 4) is 5.75 Å². The highest BCUT2D eigenvalue weighted by atomic mass is 32.2. The van der Waals surface area contributed by atoms with Gasteiger partial charge in [-0.25, -0.2) is 8.42 Å². The molecule has 1 unspecified atom stereocenters. The van der Waals surface area contributed by atoms with Crippen molar-refractivity contribution in [2.75, 3.05) is 20.2 Å². The number of methoxy groups -OCH3 is 1. The van der Waals surface area contributed by atoms with E-state index in [1.165, 1.54) is 0 Å². The lowest BCUT2D eigenvalue weighted by atomic mass is 9.86. The molecular weight excluding hydrogens is 298 g/mol. The van der Waals surface area contributed by atoms with Crippen molar-refractivity contribution in [3.05, 3.63) is 23.8 Å². The molecule has 4 nitrogen and oxygen atoms in total. The van der Waals surface area contributed by atoms with E-state index in [0.29, 0.717) is 23.9 Å². The van der Waals surface area contributed by atoms with Gasteiger partial charge in [-0.1, -0.05) is 27.7 Å². The van der Waals surface area contributed by atoms with Crippen molar-refractivity contribution in [2.24, 2.45) is 5.92 Å². The Morgan fingerprint density at radius 3 is 2.50 bits per heavy atom. The first-order valence-corrected chi connectivity index (χ1v) is 9.29. The zero-order chi connectivity index (χ0) is 16.5. The van der Waals surface area contributed by atoms with Gasteiger partial charge < -0.3 is 4.74 Å². The molecule has 1 aromatic rings. The fraction of sp³-hybridized carbons (Fsp3) is 0.647. The molecule has 124 valence electrons. The van der Waals surface area contributed by atoms with E-state index in [0.717, 1.165) is 24.2 Å². The molecule has 0 aliphatic carbocycles. The highest BCUT2D eigenvalue weighted by Crippen LogP contribution is 2.34. The summed E-state index contributed by atoms with van der Waals surface area (Å²) >= 11 is 0. The minimum Gasteiger partial charge on any atom is -0.496 e. The minimum atomic E-state index is -3.42. The molecule has 1 aliphatic heterocycles. The Labute approximate surface area is 134 Å². The summed E-state index contributed by atoms with van der Waals surface area (Å²) in [5.41, 5.74) is 0.743. The second kappa shape index (κ2) is 6.20. The molecule has 1 atom stereocenters. The van der Waals surface area contributed by atoms with Gasteiger partial charge in [0.2, 0.25) is 10.0 Å². The van der Waals surface area contributed by atoms with Gasteiger partial charge in [0.15, 0.2) is 0 Å². The summed E-state index contributed by atoms with van der Waals surface area (Å²) < 4.78 is 32.8. The third kappa shape index (κ3) is 3.46. The van der Waals surface area contributed by atoms with Crippen molar-refractivity contribution in [3.63, 3.8) is 0 Å². The monoisotopic (exact) mass is 325 g/mol. The lowest BCUT2D eigenvalue weighted by molar-refractivity contribution is 0.281. The quantitative estimate of drug-likeness (QED) is 0.855. The average Bonchev–Trinajstić information content (AvgIpc) is 2.45. The molecule has 1 aromatic carbocycles. The van der Waals surface area contributed by atoms with Gasteiger partial charge in [-0.15, -0.1) is 0 Å².